The molecule has 0 N–H and O–H groups in total. The number of morpholine rings is 1. The molecule has 0 bridgehead atoms. The van der Waals surface area contributed by atoms with E-state index >= 15 is 0 Å². The van der Waals surface area contributed by atoms with Gasteiger partial charge in [-0.3, -0.25) is 0 Å². The number of rotatable bonds is 5. The Kier molecular flexibility index (Phi) is 6.88. The summed E-state index contributed by atoms with van der Waals surface area (Å²) in [6, 6.07) is 30.7. The Morgan fingerprint density at radius 2 is 1.34 bits per heavy atom. The third-order valence-corrected chi connectivity index (χ3v) is 9.40. The third kappa shape index (κ3) is 4.62. The van der Waals surface area contributed by atoms with Crippen LogP contribution in [0.3, 0.4) is 0 Å². The summed E-state index contributed by atoms with van der Waals surface area (Å²) < 4.78 is 6.86. The first-order valence-corrected chi connectivity index (χ1v) is 13.4. The molecule has 0 atom stereocenters. The summed E-state index contributed by atoms with van der Waals surface area (Å²) in [5, 5.41) is 4.45. The summed E-state index contributed by atoms with van der Waals surface area (Å²) in [4.78, 5) is 2.58. The lowest BCUT2D eigenvalue weighted by Crippen LogP contribution is -2.36. The van der Waals surface area contributed by atoms with Gasteiger partial charge in [-0.1, -0.05) is 94.8 Å². The second-order valence-electron chi connectivity index (χ2n) is 8.09. The summed E-state index contributed by atoms with van der Waals surface area (Å²) in [7, 11) is -0.580. The lowest BCUT2D eigenvalue weighted by Gasteiger charge is -2.33. The molecule has 162 valence electrons. The maximum atomic E-state index is 5.71. The Morgan fingerprint density at radius 3 is 1.97 bits per heavy atom. The van der Waals surface area contributed by atoms with Gasteiger partial charge < -0.3 is 9.64 Å². The predicted octanol–water partition coefficient (Wildman–Crippen LogP) is 6.30. The van der Waals surface area contributed by atoms with E-state index in [1.54, 1.807) is 5.31 Å². The van der Waals surface area contributed by atoms with Crippen LogP contribution in [-0.4, -0.2) is 31.2 Å². The maximum Gasteiger partial charge on any atom is 0.0642 e. The fraction of sp³-hybridized carbons (Fsp3) is 0.214. The molecule has 0 saturated carbocycles. The van der Waals surface area contributed by atoms with Gasteiger partial charge in [-0.2, -0.15) is 0 Å². The highest BCUT2D eigenvalue weighted by Crippen LogP contribution is 2.53. The second kappa shape index (κ2) is 10.2. The molecule has 3 aromatic rings. The fourth-order valence-corrected chi connectivity index (χ4v) is 7.69. The first-order chi connectivity index (χ1) is 15.8. The van der Waals surface area contributed by atoms with E-state index in [0.717, 1.165) is 43.6 Å². The SMILES string of the molecule is Brc1ccccc1/C=C1\CCC(P(c2ccccc2)c2ccccc2)=C1N1CCOCC1. The van der Waals surface area contributed by atoms with Gasteiger partial charge in [-0.05, 0) is 60.0 Å². The van der Waals surface area contributed by atoms with Crippen molar-refractivity contribution in [1.29, 1.82) is 0 Å². The number of benzene rings is 3. The molecular weight excluding hydrogens is 477 g/mol. The molecule has 5 rings (SSSR count). The maximum absolute atomic E-state index is 5.71. The summed E-state index contributed by atoms with van der Waals surface area (Å²) in [6.45, 7) is 3.51. The number of nitrogens with zero attached hydrogens (tertiary/aromatic N) is 1. The van der Waals surface area contributed by atoms with Crippen LogP contribution in [0, 0.1) is 0 Å². The van der Waals surface area contributed by atoms with Crippen molar-refractivity contribution in [2.45, 2.75) is 12.8 Å². The zero-order chi connectivity index (χ0) is 21.8. The van der Waals surface area contributed by atoms with Gasteiger partial charge in [0.1, 0.15) is 0 Å². The van der Waals surface area contributed by atoms with Crippen molar-refractivity contribution in [3.8, 4) is 0 Å². The molecule has 1 aliphatic heterocycles. The van der Waals surface area contributed by atoms with E-state index in [2.05, 4.69) is 112 Å². The molecule has 1 fully saturated rings. The van der Waals surface area contributed by atoms with Gasteiger partial charge in [-0.15, -0.1) is 0 Å². The van der Waals surface area contributed by atoms with Gasteiger partial charge in [-0.25, -0.2) is 0 Å². The molecule has 4 heteroatoms. The number of allylic oxidation sites excluding steroid dienone is 2. The van der Waals surface area contributed by atoms with Gasteiger partial charge >= 0.3 is 0 Å². The molecule has 0 amide bonds. The van der Waals surface area contributed by atoms with Crippen LogP contribution in [0.4, 0.5) is 0 Å². The Morgan fingerprint density at radius 1 is 0.750 bits per heavy atom. The molecule has 32 heavy (non-hydrogen) atoms. The van der Waals surface area contributed by atoms with Crippen molar-refractivity contribution >= 4 is 40.5 Å². The average molecular weight is 504 g/mol. The largest absolute Gasteiger partial charge is 0.378 e. The molecule has 0 spiro atoms. The van der Waals surface area contributed by atoms with Crippen LogP contribution in [0.1, 0.15) is 18.4 Å². The first kappa shape index (κ1) is 21.6. The number of hydrogen-bond donors (Lipinski definition) is 0. The normalized spacial score (nSPS) is 18.1. The van der Waals surface area contributed by atoms with E-state index < -0.39 is 7.92 Å². The number of halogens is 1. The van der Waals surface area contributed by atoms with E-state index in [0.29, 0.717) is 0 Å². The lowest BCUT2D eigenvalue weighted by atomic mass is 10.1. The highest BCUT2D eigenvalue weighted by atomic mass is 79.9. The summed E-state index contributed by atoms with van der Waals surface area (Å²) in [5.74, 6) is 0. The first-order valence-electron chi connectivity index (χ1n) is 11.2. The Bertz CT molecular complexity index is 1080. The molecule has 2 aliphatic rings. The zero-order valence-corrected chi connectivity index (χ0v) is 20.6. The van der Waals surface area contributed by atoms with Crippen molar-refractivity contribution in [3.63, 3.8) is 0 Å². The van der Waals surface area contributed by atoms with Crippen LogP contribution in [0.25, 0.3) is 6.08 Å². The van der Waals surface area contributed by atoms with E-state index in [1.165, 1.54) is 27.4 Å². The number of hydrogen-bond acceptors (Lipinski definition) is 2. The lowest BCUT2D eigenvalue weighted by molar-refractivity contribution is 0.0549. The van der Waals surface area contributed by atoms with Crippen LogP contribution in [-0.2, 0) is 4.74 Å². The molecule has 1 aliphatic carbocycles. The topological polar surface area (TPSA) is 12.5 Å². The quantitative estimate of drug-likeness (QED) is 0.378. The predicted molar refractivity (Wildman–Crippen MR) is 140 cm³/mol. The molecule has 0 aromatic heterocycles. The van der Waals surface area contributed by atoms with Gasteiger partial charge in [0.2, 0.25) is 0 Å². The van der Waals surface area contributed by atoms with Crippen molar-refractivity contribution in [1.82, 2.24) is 4.90 Å². The van der Waals surface area contributed by atoms with Gasteiger partial charge in [0.25, 0.3) is 0 Å². The molecule has 0 radical (unpaired) electrons. The summed E-state index contributed by atoms with van der Waals surface area (Å²) in [6.07, 6.45) is 4.59. The van der Waals surface area contributed by atoms with Gasteiger partial charge in [0.15, 0.2) is 0 Å². The van der Waals surface area contributed by atoms with Crippen molar-refractivity contribution in [2.75, 3.05) is 26.3 Å². The van der Waals surface area contributed by atoms with Crippen LogP contribution in [0.5, 0.6) is 0 Å². The third-order valence-electron chi connectivity index (χ3n) is 6.07. The summed E-state index contributed by atoms with van der Waals surface area (Å²) in [5.41, 5.74) is 4.16. The molecular formula is C28H27BrNOP. The molecule has 3 aromatic carbocycles. The Balaban J connectivity index is 1.67. The van der Waals surface area contributed by atoms with Crippen molar-refractivity contribution in [2.24, 2.45) is 0 Å². The van der Waals surface area contributed by atoms with Gasteiger partial charge in [0.05, 0.1) is 13.2 Å². The highest BCUT2D eigenvalue weighted by molar-refractivity contribution is 9.10. The Hall–Kier alpha value is -2.19. The van der Waals surface area contributed by atoms with Crippen LogP contribution in [0.15, 0.2) is 106 Å². The fourth-order valence-electron chi connectivity index (χ4n) is 4.60. The standard InChI is InChI=1S/C28H27BrNOP/c29-26-14-8-7-9-22(26)21-23-15-16-27(28(23)30-17-19-31-20-18-30)32(24-10-3-1-4-11-24)25-12-5-2-6-13-25/h1-14,21H,15-20H2/b23-21+. The van der Waals surface area contributed by atoms with Crippen molar-refractivity contribution in [3.05, 3.63) is 112 Å². The Labute approximate surface area is 200 Å². The smallest absolute Gasteiger partial charge is 0.0642 e. The minimum absolute atomic E-state index is 0.580. The van der Waals surface area contributed by atoms with E-state index in [9.17, 15) is 0 Å². The minimum atomic E-state index is -0.580. The molecule has 1 heterocycles. The molecule has 2 nitrogen and oxygen atoms in total. The second-order valence-corrected chi connectivity index (χ2v) is 11.2. The monoisotopic (exact) mass is 503 g/mol. The minimum Gasteiger partial charge on any atom is -0.378 e. The van der Waals surface area contributed by atoms with Crippen molar-refractivity contribution < 1.29 is 4.74 Å². The van der Waals surface area contributed by atoms with Crippen LogP contribution in [0.2, 0.25) is 0 Å². The van der Waals surface area contributed by atoms with E-state index in [-0.39, 0.29) is 0 Å². The molecule has 0 unspecified atom stereocenters. The average Bonchev–Trinajstić information content (AvgIpc) is 3.25. The van der Waals surface area contributed by atoms with E-state index in [4.69, 9.17) is 4.74 Å². The van der Waals surface area contributed by atoms with E-state index in [1.807, 2.05) is 0 Å². The highest BCUT2D eigenvalue weighted by Gasteiger charge is 2.32. The summed E-state index contributed by atoms with van der Waals surface area (Å²) >= 11 is 3.75. The van der Waals surface area contributed by atoms with Crippen LogP contribution < -0.4 is 10.6 Å². The zero-order valence-electron chi connectivity index (χ0n) is 18.1. The molecule has 1 saturated heterocycles. The van der Waals surface area contributed by atoms with Crippen LogP contribution >= 0.6 is 23.9 Å². The number of ether oxygens (including phenoxy) is 1. The van der Waals surface area contributed by atoms with Gasteiger partial charge in [0, 0.05) is 23.3 Å².